The van der Waals surface area contributed by atoms with Crippen molar-refractivity contribution in [2.24, 2.45) is 0 Å². The maximum Gasteiger partial charge on any atom is 0.494 e. The van der Waals surface area contributed by atoms with E-state index < -0.39 is 24.1 Å². The molecule has 1 fully saturated rings. The van der Waals surface area contributed by atoms with E-state index in [0.29, 0.717) is 5.56 Å². The molecular formula is C24H25BFNO3. The van der Waals surface area contributed by atoms with E-state index >= 15 is 0 Å². The van der Waals surface area contributed by atoms with E-state index in [1.54, 1.807) is 18.2 Å². The molecule has 4 rings (SSSR count). The topological polar surface area (TPSA) is 47.6 Å². The van der Waals surface area contributed by atoms with Crippen LogP contribution in [0.4, 0.5) is 10.1 Å². The fourth-order valence-electron chi connectivity index (χ4n) is 3.55. The Labute approximate surface area is 176 Å². The third kappa shape index (κ3) is 3.61. The summed E-state index contributed by atoms with van der Waals surface area (Å²) in [5.74, 6) is -0.814. The van der Waals surface area contributed by atoms with Gasteiger partial charge in [0.25, 0.3) is 5.91 Å². The highest BCUT2D eigenvalue weighted by Crippen LogP contribution is 2.36. The number of amides is 1. The molecule has 0 aromatic heterocycles. The summed E-state index contributed by atoms with van der Waals surface area (Å²) in [6.45, 7) is 9.91. The van der Waals surface area contributed by atoms with E-state index in [2.05, 4.69) is 5.32 Å². The number of rotatable bonds is 3. The van der Waals surface area contributed by atoms with Gasteiger partial charge < -0.3 is 14.6 Å². The van der Waals surface area contributed by atoms with Crippen LogP contribution in [0.5, 0.6) is 0 Å². The van der Waals surface area contributed by atoms with Crippen molar-refractivity contribution in [1.82, 2.24) is 0 Å². The summed E-state index contributed by atoms with van der Waals surface area (Å²) < 4.78 is 26.3. The second kappa shape index (κ2) is 7.22. The van der Waals surface area contributed by atoms with Crippen molar-refractivity contribution in [2.75, 3.05) is 5.32 Å². The molecule has 1 aliphatic rings. The van der Waals surface area contributed by atoms with E-state index in [1.807, 2.05) is 65.0 Å². The van der Waals surface area contributed by atoms with Crippen LogP contribution in [0.1, 0.15) is 43.6 Å². The highest BCUT2D eigenvalue weighted by molar-refractivity contribution is 6.62. The Kier molecular flexibility index (Phi) is 4.95. The maximum absolute atomic E-state index is 14.1. The predicted octanol–water partition coefficient (Wildman–Crippen LogP) is 4.84. The standard InChI is InChI=1S/C24H25BFNO3/c1-15-9-12-20(26)21(13-15)27-22(28)19-8-6-7-16-14-17(10-11-18(16)19)25-29-23(2,3)24(4,5)30-25/h6-14H,1-5H3,(H,27,28). The van der Waals surface area contributed by atoms with Gasteiger partial charge in [-0.25, -0.2) is 4.39 Å². The third-order valence-corrected chi connectivity index (χ3v) is 6.04. The monoisotopic (exact) mass is 405 g/mol. The zero-order chi connectivity index (χ0) is 21.7. The molecule has 1 N–H and O–H groups in total. The molecule has 0 spiro atoms. The van der Waals surface area contributed by atoms with Gasteiger partial charge in [0.2, 0.25) is 0 Å². The summed E-state index contributed by atoms with van der Waals surface area (Å²) in [5, 5.41) is 4.36. The highest BCUT2D eigenvalue weighted by Gasteiger charge is 2.51. The molecule has 154 valence electrons. The van der Waals surface area contributed by atoms with E-state index in [1.165, 1.54) is 6.07 Å². The molecule has 30 heavy (non-hydrogen) atoms. The molecule has 0 unspecified atom stereocenters. The highest BCUT2D eigenvalue weighted by atomic mass is 19.1. The number of carbonyl (C=O) groups excluding carboxylic acids is 1. The lowest BCUT2D eigenvalue weighted by molar-refractivity contribution is 0.00578. The first-order chi connectivity index (χ1) is 14.1. The summed E-state index contributed by atoms with van der Waals surface area (Å²) in [6.07, 6.45) is 0. The third-order valence-electron chi connectivity index (χ3n) is 6.04. The number of anilines is 1. The zero-order valence-electron chi connectivity index (χ0n) is 17.9. The van der Waals surface area contributed by atoms with E-state index in [0.717, 1.165) is 21.8 Å². The van der Waals surface area contributed by atoms with Crippen molar-refractivity contribution in [3.63, 3.8) is 0 Å². The van der Waals surface area contributed by atoms with Crippen molar-refractivity contribution in [3.8, 4) is 0 Å². The van der Waals surface area contributed by atoms with Gasteiger partial charge in [-0.15, -0.1) is 0 Å². The van der Waals surface area contributed by atoms with Crippen molar-refractivity contribution >= 4 is 34.9 Å². The molecular weight excluding hydrogens is 380 g/mol. The molecule has 0 atom stereocenters. The van der Waals surface area contributed by atoms with E-state index in [4.69, 9.17) is 9.31 Å². The minimum Gasteiger partial charge on any atom is -0.399 e. The minimum atomic E-state index is -0.474. The first-order valence-electron chi connectivity index (χ1n) is 10.0. The summed E-state index contributed by atoms with van der Waals surface area (Å²) in [6, 6.07) is 15.9. The van der Waals surface area contributed by atoms with Gasteiger partial charge in [0, 0.05) is 5.56 Å². The van der Waals surface area contributed by atoms with Gasteiger partial charge in [-0.05, 0) is 74.6 Å². The van der Waals surface area contributed by atoms with Crippen molar-refractivity contribution in [2.45, 2.75) is 45.8 Å². The number of hydrogen-bond acceptors (Lipinski definition) is 3. The summed E-state index contributed by atoms with van der Waals surface area (Å²) in [7, 11) is -0.474. The Bertz CT molecular complexity index is 1130. The van der Waals surface area contributed by atoms with Gasteiger partial charge in [-0.2, -0.15) is 0 Å². The van der Waals surface area contributed by atoms with Gasteiger partial charge in [0.15, 0.2) is 0 Å². The zero-order valence-corrected chi connectivity index (χ0v) is 17.9. The number of hydrogen-bond donors (Lipinski definition) is 1. The average Bonchev–Trinajstić information content (AvgIpc) is 2.91. The second-order valence-corrected chi connectivity index (χ2v) is 8.81. The van der Waals surface area contributed by atoms with Gasteiger partial charge in [0.05, 0.1) is 16.9 Å². The molecule has 1 saturated heterocycles. The average molecular weight is 405 g/mol. The Hall–Kier alpha value is -2.70. The van der Waals surface area contributed by atoms with Crippen molar-refractivity contribution < 1.29 is 18.5 Å². The van der Waals surface area contributed by atoms with Crippen LogP contribution >= 0.6 is 0 Å². The van der Waals surface area contributed by atoms with Gasteiger partial charge in [-0.3, -0.25) is 4.79 Å². The Morgan fingerprint density at radius 2 is 1.67 bits per heavy atom. The second-order valence-electron chi connectivity index (χ2n) is 8.81. The fraction of sp³-hybridized carbons (Fsp3) is 0.292. The summed E-state index contributed by atoms with van der Waals surface area (Å²) in [5.41, 5.74) is 1.57. The first kappa shape index (κ1) is 20.6. The molecule has 0 saturated carbocycles. The molecule has 0 aliphatic carbocycles. The van der Waals surface area contributed by atoms with Crippen LogP contribution in [0.3, 0.4) is 0 Å². The molecule has 4 nitrogen and oxygen atoms in total. The van der Waals surface area contributed by atoms with Crippen LogP contribution in [0.2, 0.25) is 0 Å². The van der Waals surface area contributed by atoms with Crippen LogP contribution in [-0.4, -0.2) is 24.2 Å². The number of carbonyl (C=O) groups is 1. The van der Waals surface area contributed by atoms with Crippen LogP contribution in [0.15, 0.2) is 54.6 Å². The minimum absolute atomic E-state index is 0.172. The molecule has 0 radical (unpaired) electrons. The Morgan fingerprint density at radius 3 is 2.37 bits per heavy atom. The number of nitrogens with one attached hydrogen (secondary N) is 1. The lowest BCUT2D eigenvalue weighted by Crippen LogP contribution is -2.41. The lowest BCUT2D eigenvalue weighted by atomic mass is 9.78. The van der Waals surface area contributed by atoms with Crippen molar-refractivity contribution in [3.05, 3.63) is 71.5 Å². The first-order valence-corrected chi connectivity index (χ1v) is 10.0. The molecule has 6 heteroatoms. The molecule has 1 amide bonds. The van der Waals surface area contributed by atoms with Gasteiger partial charge in [-0.1, -0.05) is 36.4 Å². The number of benzene rings is 3. The predicted molar refractivity (Wildman–Crippen MR) is 119 cm³/mol. The Morgan fingerprint density at radius 1 is 0.967 bits per heavy atom. The van der Waals surface area contributed by atoms with E-state index in [-0.39, 0.29) is 11.6 Å². The van der Waals surface area contributed by atoms with Crippen LogP contribution in [-0.2, 0) is 9.31 Å². The Balaban J connectivity index is 1.65. The quantitative estimate of drug-likeness (QED) is 0.635. The molecule has 1 aliphatic heterocycles. The van der Waals surface area contributed by atoms with Crippen molar-refractivity contribution in [1.29, 1.82) is 0 Å². The number of fused-ring (bicyclic) bond motifs is 1. The number of halogens is 1. The summed E-state index contributed by atoms with van der Waals surface area (Å²) in [4.78, 5) is 12.9. The molecule has 1 heterocycles. The normalized spacial score (nSPS) is 17.3. The lowest BCUT2D eigenvalue weighted by Gasteiger charge is -2.32. The number of aryl methyl sites for hydroxylation is 1. The van der Waals surface area contributed by atoms with Crippen LogP contribution in [0.25, 0.3) is 10.8 Å². The van der Waals surface area contributed by atoms with Gasteiger partial charge in [0.1, 0.15) is 5.82 Å². The fourth-order valence-corrected chi connectivity index (χ4v) is 3.55. The van der Waals surface area contributed by atoms with Crippen LogP contribution in [0, 0.1) is 12.7 Å². The van der Waals surface area contributed by atoms with Crippen LogP contribution < -0.4 is 10.8 Å². The van der Waals surface area contributed by atoms with E-state index in [9.17, 15) is 9.18 Å². The maximum atomic E-state index is 14.1. The smallest absolute Gasteiger partial charge is 0.399 e. The largest absolute Gasteiger partial charge is 0.494 e. The summed E-state index contributed by atoms with van der Waals surface area (Å²) >= 11 is 0. The molecule has 3 aromatic carbocycles. The van der Waals surface area contributed by atoms with Gasteiger partial charge >= 0.3 is 7.12 Å². The molecule has 3 aromatic rings. The molecule has 0 bridgehead atoms. The SMILES string of the molecule is Cc1ccc(F)c(NC(=O)c2cccc3cc(B4OC(C)(C)C(C)(C)O4)ccc23)c1.